The minimum Gasteiger partial charge on any atom is -0.489 e. The van der Waals surface area contributed by atoms with Gasteiger partial charge >= 0.3 is 11.9 Å². The van der Waals surface area contributed by atoms with Crippen molar-refractivity contribution in [2.24, 2.45) is 0 Å². The van der Waals surface area contributed by atoms with Crippen molar-refractivity contribution in [2.75, 3.05) is 6.61 Å². The minimum atomic E-state index is -1.21. The summed E-state index contributed by atoms with van der Waals surface area (Å²) in [6.45, 7) is 0.670. The number of hydrogen-bond donors (Lipinski definition) is 2. The topological polar surface area (TPSA) is 115 Å². The number of aliphatic carboxylic acids is 2. The van der Waals surface area contributed by atoms with Gasteiger partial charge in [0.25, 0.3) is 0 Å². The Balaban J connectivity index is 1.30. The van der Waals surface area contributed by atoms with Crippen LogP contribution in [0.5, 0.6) is 11.5 Å². The molecule has 2 aliphatic carbocycles. The number of hydrogen-bond acceptors (Lipinski definition) is 6. The molecule has 0 saturated heterocycles. The molecule has 0 aliphatic heterocycles. The van der Waals surface area contributed by atoms with Gasteiger partial charge in [-0.25, -0.2) is 9.78 Å². The van der Waals surface area contributed by atoms with Crippen LogP contribution >= 0.6 is 0 Å². The van der Waals surface area contributed by atoms with Gasteiger partial charge in [0.2, 0.25) is 0 Å². The molecule has 8 nitrogen and oxygen atoms in total. The van der Waals surface area contributed by atoms with Gasteiger partial charge in [0, 0.05) is 18.9 Å². The fourth-order valence-electron chi connectivity index (χ4n) is 3.98. The van der Waals surface area contributed by atoms with E-state index in [4.69, 9.17) is 19.3 Å². The summed E-state index contributed by atoms with van der Waals surface area (Å²) in [4.78, 5) is 26.9. The van der Waals surface area contributed by atoms with Gasteiger partial charge in [-0.05, 0) is 73.2 Å². The zero-order chi connectivity index (χ0) is 25.3. The van der Waals surface area contributed by atoms with Crippen molar-refractivity contribution in [2.45, 2.75) is 51.2 Å². The summed E-state index contributed by atoms with van der Waals surface area (Å²) in [5.41, 5.74) is 4.08. The lowest BCUT2D eigenvalue weighted by Crippen LogP contribution is -2.25. The van der Waals surface area contributed by atoms with E-state index in [9.17, 15) is 14.7 Å². The highest BCUT2D eigenvalue weighted by Gasteiger charge is 2.22. The maximum atomic E-state index is 11.4. The third kappa shape index (κ3) is 7.21. The summed E-state index contributed by atoms with van der Waals surface area (Å²) in [7, 11) is 0. The van der Waals surface area contributed by atoms with E-state index >= 15 is 0 Å². The molecular weight excluding hydrogens is 462 g/mol. The van der Waals surface area contributed by atoms with Gasteiger partial charge in [0.15, 0.2) is 6.10 Å². The number of pyridine rings is 1. The Kier molecular flexibility index (Phi) is 8.39. The normalized spacial score (nSPS) is 15.2. The molecule has 188 valence electrons. The van der Waals surface area contributed by atoms with Gasteiger partial charge in [-0.15, -0.1) is 0 Å². The molecule has 2 aliphatic rings. The van der Waals surface area contributed by atoms with E-state index in [0.29, 0.717) is 36.9 Å². The Bertz CT molecular complexity index is 1200. The smallest absolute Gasteiger partial charge is 0.344 e. The number of rotatable bonds is 12. The van der Waals surface area contributed by atoms with E-state index < -0.39 is 18.0 Å². The largest absolute Gasteiger partial charge is 0.489 e. The molecule has 0 spiro atoms. The molecule has 0 radical (unpaired) electrons. The molecule has 0 fully saturated rings. The molecule has 1 unspecified atom stereocenters. The molecule has 4 rings (SSSR count). The van der Waals surface area contributed by atoms with Crippen LogP contribution in [0.25, 0.3) is 6.08 Å². The fraction of sp³-hybridized carbons (Fsp3) is 0.321. The van der Waals surface area contributed by atoms with E-state index in [1.807, 2.05) is 30.3 Å². The Morgan fingerprint density at radius 2 is 1.81 bits per heavy atom. The van der Waals surface area contributed by atoms with Crippen LogP contribution in [0, 0.1) is 0 Å². The molecule has 2 N–H and O–H groups in total. The van der Waals surface area contributed by atoms with Crippen molar-refractivity contribution < 1.29 is 34.0 Å². The van der Waals surface area contributed by atoms with Crippen LogP contribution < -0.4 is 9.47 Å². The van der Waals surface area contributed by atoms with Crippen molar-refractivity contribution in [3.63, 3.8) is 0 Å². The SMILES string of the molecule is O=C(O)CCC(OC1=CCCC(COc2cccc(OCc3ccc4c(n3)C=CCC4)c2)=C1)C(=O)O. The maximum absolute atomic E-state index is 11.4. The van der Waals surface area contributed by atoms with Crippen LogP contribution in [-0.4, -0.2) is 39.8 Å². The summed E-state index contributed by atoms with van der Waals surface area (Å²) in [6.07, 6.45) is 9.68. The molecular formula is C28H29NO7. The van der Waals surface area contributed by atoms with E-state index in [1.54, 1.807) is 12.2 Å². The van der Waals surface area contributed by atoms with Gasteiger partial charge < -0.3 is 24.4 Å². The maximum Gasteiger partial charge on any atom is 0.344 e. The molecule has 8 heteroatoms. The van der Waals surface area contributed by atoms with Crippen LogP contribution in [0.3, 0.4) is 0 Å². The Morgan fingerprint density at radius 1 is 1.00 bits per heavy atom. The van der Waals surface area contributed by atoms with E-state index in [1.165, 1.54) is 5.56 Å². The van der Waals surface area contributed by atoms with Crippen molar-refractivity contribution >= 4 is 18.0 Å². The van der Waals surface area contributed by atoms with Gasteiger partial charge in [-0.3, -0.25) is 4.79 Å². The number of benzene rings is 1. The number of aromatic nitrogens is 1. The number of aryl methyl sites for hydroxylation is 1. The number of nitrogens with zero attached hydrogens (tertiary/aromatic N) is 1. The highest BCUT2D eigenvalue weighted by molar-refractivity contribution is 5.74. The summed E-state index contributed by atoms with van der Waals surface area (Å²) in [5.74, 6) is -0.507. The van der Waals surface area contributed by atoms with Gasteiger partial charge in [0.1, 0.15) is 30.5 Å². The zero-order valence-corrected chi connectivity index (χ0v) is 19.9. The number of allylic oxidation sites excluding steroid dienone is 3. The van der Waals surface area contributed by atoms with E-state index in [2.05, 4.69) is 23.2 Å². The first-order valence-corrected chi connectivity index (χ1v) is 12.0. The van der Waals surface area contributed by atoms with E-state index in [0.717, 1.165) is 36.2 Å². The van der Waals surface area contributed by atoms with Crippen molar-refractivity contribution in [3.8, 4) is 11.5 Å². The third-order valence-electron chi connectivity index (χ3n) is 5.87. The zero-order valence-electron chi connectivity index (χ0n) is 19.9. The van der Waals surface area contributed by atoms with Crippen LogP contribution in [0.2, 0.25) is 0 Å². The first-order valence-electron chi connectivity index (χ1n) is 12.0. The van der Waals surface area contributed by atoms with Crippen LogP contribution in [0.15, 0.2) is 66.0 Å². The van der Waals surface area contributed by atoms with Crippen LogP contribution in [0.4, 0.5) is 0 Å². The predicted octanol–water partition coefficient (Wildman–Crippen LogP) is 4.94. The second-order valence-corrected chi connectivity index (χ2v) is 8.67. The first kappa shape index (κ1) is 25.0. The summed E-state index contributed by atoms with van der Waals surface area (Å²) in [5, 5.41) is 18.1. The highest BCUT2D eigenvalue weighted by Crippen LogP contribution is 2.25. The lowest BCUT2D eigenvalue weighted by Gasteiger charge is -2.19. The Hall–Kier alpha value is -4.07. The molecule has 0 bridgehead atoms. The summed E-state index contributed by atoms with van der Waals surface area (Å²) >= 11 is 0. The first-order chi connectivity index (χ1) is 17.5. The molecule has 1 atom stereocenters. The van der Waals surface area contributed by atoms with Gasteiger partial charge in [0.05, 0.1) is 11.4 Å². The number of ether oxygens (including phenoxy) is 3. The number of carboxylic acids is 2. The molecule has 1 aromatic heterocycles. The predicted molar refractivity (Wildman–Crippen MR) is 133 cm³/mol. The molecule has 2 aromatic rings. The van der Waals surface area contributed by atoms with Crippen molar-refractivity contribution in [3.05, 3.63) is 82.9 Å². The van der Waals surface area contributed by atoms with Gasteiger partial charge in [-0.2, -0.15) is 0 Å². The monoisotopic (exact) mass is 491 g/mol. The number of carbonyl (C=O) groups is 2. The number of carboxylic acid groups (broad SMARTS) is 2. The lowest BCUT2D eigenvalue weighted by molar-refractivity contribution is -0.148. The molecule has 0 saturated carbocycles. The summed E-state index contributed by atoms with van der Waals surface area (Å²) < 4.78 is 17.4. The molecule has 36 heavy (non-hydrogen) atoms. The number of fused-ring (bicyclic) bond motifs is 1. The second-order valence-electron chi connectivity index (χ2n) is 8.67. The van der Waals surface area contributed by atoms with Crippen LogP contribution in [0.1, 0.15) is 49.1 Å². The molecule has 0 amide bonds. The lowest BCUT2D eigenvalue weighted by atomic mass is 10.0. The Labute approximate surface area is 209 Å². The van der Waals surface area contributed by atoms with Crippen molar-refractivity contribution in [1.82, 2.24) is 4.98 Å². The summed E-state index contributed by atoms with van der Waals surface area (Å²) in [6, 6.07) is 11.5. The highest BCUT2D eigenvalue weighted by atomic mass is 16.5. The fourth-order valence-corrected chi connectivity index (χ4v) is 3.98. The third-order valence-corrected chi connectivity index (χ3v) is 5.87. The molecule has 1 aromatic carbocycles. The quantitative estimate of drug-likeness (QED) is 0.429. The van der Waals surface area contributed by atoms with Crippen LogP contribution in [-0.2, 0) is 27.4 Å². The average molecular weight is 492 g/mol. The van der Waals surface area contributed by atoms with Crippen molar-refractivity contribution in [1.29, 1.82) is 0 Å². The minimum absolute atomic E-state index is 0.105. The average Bonchev–Trinajstić information content (AvgIpc) is 2.89. The Morgan fingerprint density at radius 3 is 2.58 bits per heavy atom. The van der Waals surface area contributed by atoms with Gasteiger partial charge in [-0.1, -0.05) is 18.2 Å². The standard InChI is InChI=1S/C28H29NO7/c30-27(31)14-13-26(28(32)33)36-24-9-3-5-19(15-24)17-34-22-7-4-8-23(16-22)35-18-21-12-11-20-6-1-2-10-25(20)29-21/h2,4,7-12,15-16,26H,1,3,5-6,13-14,17-18H2,(H,30,31)(H,32,33). The second kappa shape index (κ2) is 12.1. The van der Waals surface area contributed by atoms with E-state index in [-0.39, 0.29) is 12.8 Å². The molecule has 1 heterocycles.